The molecule has 0 unspecified atom stereocenters. The first-order chi connectivity index (χ1) is 9.08. The predicted octanol–water partition coefficient (Wildman–Crippen LogP) is 2.95. The van der Waals surface area contributed by atoms with Crippen LogP contribution in [0.4, 0.5) is 10.1 Å². The zero-order valence-corrected chi connectivity index (χ0v) is 11.6. The maximum atomic E-state index is 14.1. The highest BCUT2D eigenvalue weighted by Gasteiger charge is 2.16. The topological polar surface area (TPSA) is 32.3 Å². The molecule has 1 N–H and O–H groups in total. The average molecular weight is 264 g/mol. The molecule has 1 aromatic carbocycles. The summed E-state index contributed by atoms with van der Waals surface area (Å²) in [7, 11) is 0. The van der Waals surface area contributed by atoms with E-state index in [1.165, 1.54) is 12.5 Å². The van der Waals surface area contributed by atoms with Gasteiger partial charge in [-0.05, 0) is 51.3 Å². The predicted molar refractivity (Wildman–Crippen MR) is 75.1 cm³/mol. The summed E-state index contributed by atoms with van der Waals surface area (Å²) in [6, 6.07) is 4.81. The summed E-state index contributed by atoms with van der Waals surface area (Å²) in [5, 5.41) is 2.77. The molecular weight excluding hydrogens is 243 g/mol. The molecule has 0 aromatic heterocycles. The quantitative estimate of drug-likeness (QED) is 0.910. The smallest absolute Gasteiger partial charge is 0.251 e. The monoisotopic (exact) mass is 264 g/mol. The lowest BCUT2D eigenvalue weighted by Gasteiger charge is -2.29. The molecule has 1 aliphatic heterocycles. The molecular formula is C15H21FN2O. The number of piperidine rings is 1. The Bertz CT molecular complexity index is 453. The van der Waals surface area contributed by atoms with Crippen LogP contribution in [0.3, 0.4) is 0 Å². The molecule has 0 spiro atoms. The zero-order valence-electron chi connectivity index (χ0n) is 11.6. The van der Waals surface area contributed by atoms with Gasteiger partial charge in [-0.25, -0.2) is 4.39 Å². The van der Waals surface area contributed by atoms with Gasteiger partial charge in [0.25, 0.3) is 5.91 Å². The molecule has 1 fully saturated rings. The Balaban J connectivity index is 2.14. The molecule has 3 nitrogen and oxygen atoms in total. The van der Waals surface area contributed by atoms with E-state index in [1.54, 1.807) is 12.1 Å². The number of halogens is 1. The van der Waals surface area contributed by atoms with Crippen LogP contribution in [0.5, 0.6) is 0 Å². The van der Waals surface area contributed by atoms with E-state index in [0.717, 1.165) is 25.9 Å². The van der Waals surface area contributed by atoms with Crippen molar-refractivity contribution in [2.75, 3.05) is 18.0 Å². The van der Waals surface area contributed by atoms with Crippen molar-refractivity contribution in [3.05, 3.63) is 29.6 Å². The van der Waals surface area contributed by atoms with Crippen LogP contribution in [-0.4, -0.2) is 25.0 Å². The molecule has 1 heterocycles. The van der Waals surface area contributed by atoms with Gasteiger partial charge in [-0.1, -0.05) is 0 Å². The van der Waals surface area contributed by atoms with Crippen LogP contribution < -0.4 is 10.2 Å². The molecule has 0 bridgehead atoms. The second-order valence-corrected chi connectivity index (χ2v) is 5.34. The van der Waals surface area contributed by atoms with Crippen LogP contribution in [0, 0.1) is 5.82 Å². The van der Waals surface area contributed by atoms with Gasteiger partial charge in [-0.2, -0.15) is 0 Å². The Labute approximate surface area is 113 Å². The normalized spacial score (nSPS) is 15.7. The van der Waals surface area contributed by atoms with Crippen LogP contribution >= 0.6 is 0 Å². The molecule has 104 valence electrons. The summed E-state index contributed by atoms with van der Waals surface area (Å²) in [6.45, 7) is 5.57. The van der Waals surface area contributed by atoms with Gasteiger partial charge in [0.2, 0.25) is 0 Å². The SMILES string of the molecule is CC(C)NC(=O)c1ccc(N2CCCCC2)c(F)c1. The number of carbonyl (C=O) groups excluding carboxylic acids is 1. The second-order valence-electron chi connectivity index (χ2n) is 5.34. The van der Waals surface area contributed by atoms with Crippen molar-refractivity contribution < 1.29 is 9.18 Å². The maximum absolute atomic E-state index is 14.1. The number of hydrogen-bond donors (Lipinski definition) is 1. The minimum Gasteiger partial charge on any atom is -0.369 e. The highest BCUT2D eigenvalue weighted by atomic mass is 19.1. The third kappa shape index (κ3) is 3.46. The lowest BCUT2D eigenvalue weighted by atomic mass is 10.1. The molecule has 0 atom stereocenters. The summed E-state index contributed by atoms with van der Waals surface area (Å²) in [4.78, 5) is 13.9. The first-order valence-electron chi connectivity index (χ1n) is 6.93. The lowest BCUT2D eigenvalue weighted by Crippen LogP contribution is -2.31. The molecule has 4 heteroatoms. The number of anilines is 1. The number of benzene rings is 1. The Morgan fingerprint density at radius 2 is 1.95 bits per heavy atom. The lowest BCUT2D eigenvalue weighted by molar-refractivity contribution is 0.0942. The van der Waals surface area contributed by atoms with Crippen molar-refractivity contribution in [1.29, 1.82) is 0 Å². The van der Waals surface area contributed by atoms with Gasteiger partial charge in [0, 0.05) is 24.7 Å². The van der Waals surface area contributed by atoms with Crippen LogP contribution in [0.25, 0.3) is 0 Å². The summed E-state index contributed by atoms with van der Waals surface area (Å²) < 4.78 is 14.1. The number of rotatable bonds is 3. The Morgan fingerprint density at radius 1 is 1.26 bits per heavy atom. The van der Waals surface area contributed by atoms with Gasteiger partial charge in [0.05, 0.1) is 5.69 Å². The van der Waals surface area contributed by atoms with Crippen molar-refractivity contribution >= 4 is 11.6 Å². The van der Waals surface area contributed by atoms with Gasteiger partial charge in [-0.15, -0.1) is 0 Å². The van der Waals surface area contributed by atoms with Crippen molar-refractivity contribution in [1.82, 2.24) is 5.32 Å². The second kappa shape index (κ2) is 6.04. The highest BCUT2D eigenvalue weighted by molar-refractivity contribution is 5.94. The Kier molecular flexibility index (Phi) is 4.40. The maximum Gasteiger partial charge on any atom is 0.251 e. The van der Waals surface area contributed by atoms with E-state index < -0.39 is 0 Å². The first kappa shape index (κ1) is 13.8. The highest BCUT2D eigenvalue weighted by Crippen LogP contribution is 2.24. The van der Waals surface area contributed by atoms with Gasteiger partial charge in [-0.3, -0.25) is 4.79 Å². The van der Waals surface area contributed by atoms with E-state index in [-0.39, 0.29) is 17.8 Å². The summed E-state index contributed by atoms with van der Waals surface area (Å²) >= 11 is 0. The average Bonchev–Trinajstić information content (AvgIpc) is 2.38. The van der Waals surface area contributed by atoms with Crippen LogP contribution in [0.1, 0.15) is 43.5 Å². The molecule has 1 amide bonds. The molecule has 0 aliphatic carbocycles. The van der Waals surface area contributed by atoms with E-state index in [4.69, 9.17) is 0 Å². The van der Waals surface area contributed by atoms with E-state index in [0.29, 0.717) is 11.3 Å². The summed E-state index contributed by atoms with van der Waals surface area (Å²) in [6.07, 6.45) is 3.43. The standard InChI is InChI=1S/C15H21FN2O/c1-11(2)17-15(19)12-6-7-14(13(16)10-12)18-8-4-3-5-9-18/h6-7,10-11H,3-5,8-9H2,1-2H3,(H,17,19). The molecule has 2 rings (SSSR count). The van der Waals surface area contributed by atoms with Crippen molar-refractivity contribution in [3.63, 3.8) is 0 Å². The van der Waals surface area contributed by atoms with E-state index >= 15 is 0 Å². The third-order valence-corrected chi connectivity index (χ3v) is 3.33. The van der Waals surface area contributed by atoms with Crippen LogP contribution in [0.2, 0.25) is 0 Å². The Morgan fingerprint density at radius 3 is 2.53 bits per heavy atom. The molecule has 19 heavy (non-hydrogen) atoms. The van der Waals surface area contributed by atoms with E-state index in [1.807, 2.05) is 13.8 Å². The summed E-state index contributed by atoms with van der Waals surface area (Å²) in [5.41, 5.74) is 0.993. The summed E-state index contributed by atoms with van der Waals surface area (Å²) in [5.74, 6) is -0.530. The molecule has 0 saturated carbocycles. The number of amides is 1. The Hall–Kier alpha value is -1.58. The number of nitrogens with zero attached hydrogens (tertiary/aromatic N) is 1. The van der Waals surface area contributed by atoms with Gasteiger partial charge >= 0.3 is 0 Å². The van der Waals surface area contributed by atoms with Gasteiger partial charge < -0.3 is 10.2 Å². The van der Waals surface area contributed by atoms with Gasteiger partial charge in [0.1, 0.15) is 5.82 Å². The number of nitrogens with one attached hydrogen (secondary N) is 1. The van der Waals surface area contributed by atoms with E-state index in [2.05, 4.69) is 10.2 Å². The fourth-order valence-corrected chi connectivity index (χ4v) is 2.38. The third-order valence-electron chi connectivity index (χ3n) is 3.33. The fourth-order valence-electron chi connectivity index (χ4n) is 2.38. The van der Waals surface area contributed by atoms with E-state index in [9.17, 15) is 9.18 Å². The van der Waals surface area contributed by atoms with Crippen molar-refractivity contribution in [2.24, 2.45) is 0 Å². The largest absolute Gasteiger partial charge is 0.369 e. The first-order valence-corrected chi connectivity index (χ1v) is 6.93. The molecule has 1 aliphatic rings. The van der Waals surface area contributed by atoms with Crippen LogP contribution in [0.15, 0.2) is 18.2 Å². The molecule has 1 aromatic rings. The fraction of sp³-hybridized carbons (Fsp3) is 0.533. The number of carbonyl (C=O) groups is 1. The molecule has 1 saturated heterocycles. The number of hydrogen-bond acceptors (Lipinski definition) is 2. The van der Waals surface area contributed by atoms with Crippen LogP contribution in [-0.2, 0) is 0 Å². The zero-order chi connectivity index (χ0) is 13.8. The molecule has 0 radical (unpaired) electrons. The van der Waals surface area contributed by atoms with Crippen molar-refractivity contribution in [2.45, 2.75) is 39.2 Å². The minimum atomic E-state index is -0.307. The van der Waals surface area contributed by atoms with Crippen molar-refractivity contribution in [3.8, 4) is 0 Å². The minimum absolute atomic E-state index is 0.0531. The van der Waals surface area contributed by atoms with Gasteiger partial charge in [0.15, 0.2) is 0 Å².